The average molecular weight is 279 g/mol. The van der Waals surface area contributed by atoms with Gasteiger partial charge in [-0.15, -0.1) is 0 Å². The van der Waals surface area contributed by atoms with Crippen molar-refractivity contribution in [2.45, 2.75) is 44.5 Å². The Hall–Kier alpha value is -1.33. The maximum atomic E-state index is 11.8. The number of furan rings is 1. The fourth-order valence-electron chi connectivity index (χ4n) is 2.88. The van der Waals surface area contributed by atoms with E-state index in [1.54, 1.807) is 12.1 Å². The molecule has 1 amide bonds. The van der Waals surface area contributed by atoms with Crippen molar-refractivity contribution in [3.63, 3.8) is 0 Å². The molecule has 20 heavy (non-hydrogen) atoms. The number of carbonyl (C=O) groups excluding carboxylic acids is 1. The summed E-state index contributed by atoms with van der Waals surface area (Å²) in [5.41, 5.74) is 0. The van der Waals surface area contributed by atoms with Gasteiger partial charge in [-0.3, -0.25) is 4.79 Å². The van der Waals surface area contributed by atoms with Gasteiger partial charge >= 0.3 is 0 Å². The topological polar surface area (TPSA) is 60.7 Å². The van der Waals surface area contributed by atoms with Crippen molar-refractivity contribution in [2.24, 2.45) is 5.92 Å². The molecular formula is C15H21NO4. The Kier molecular flexibility index (Phi) is 3.81. The minimum atomic E-state index is -0.396. The molecule has 1 aliphatic carbocycles. The minimum Gasteiger partial charge on any atom is -0.459 e. The van der Waals surface area contributed by atoms with Crippen LogP contribution >= 0.6 is 0 Å². The summed E-state index contributed by atoms with van der Waals surface area (Å²) >= 11 is 0. The van der Waals surface area contributed by atoms with Crippen LogP contribution in [-0.4, -0.2) is 30.9 Å². The molecule has 1 saturated carbocycles. The third-order valence-corrected chi connectivity index (χ3v) is 4.19. The second-order valence-corrected chi connectivity index (χ2v) is 5.83. The maximum absolute atomic E-state index is 11.8. The van der Waals surface area contributed by atoms with E-state index in [1.165, 1.54) is 6.26 Å². The van der Waals surface area contributed by atoms with Crippen molar-refractivity contribution in [1.82, 2.24) is 5.32 Å². The molecule has 0 aromatic carbocycles. The summed E-state index contributed by atoms with van der Waals surface area (Å²) in [6.45, 7) is 3.27. The van der Waals surface area contributed by atoms with Crippen molar-refractivity contribution in [3.8, 4) is 0 Å². The summed E-state index contributed by atoms with van der Waals surface area (Å²) in [5.74, 6) is 0.472. The fraction of sp³-hybridized carbons (Fsp3) is 0.667. The van der Waals surface area contributed by atoms with Gasteiger partial charge in [0.1, 0.15) is 6.10 Å². The van der Waals surface area contributed by atoms with E-state index in [1.807, 2.05) is 0 Å². The quantitative estimate of drug-likeness (QED) is 0.922. The van der Waals surface area contributed by atoms with Crippen LogP contribution in [0.1, 0.15) is 43.2 Å². The molecule has 1 spiro atoms. The average Bonchev–Trinajstić information content (AvgIpc) is 3.10. The summed E-state index contributed by atoms with van der Waals surface area (Å²) in [4.78, 5) is 11.8. The fourth-order valence-corrected chi connectivity index (χ4v) is 2.88. The Labute approximate surface area is 118 Å². The van der Waals surface area contributed by atoms with Crippen molar-refractivity contribution >= 4 is 5.91 Å². The SMILES string of the molecule is CC1CCC2(CC1)OC[C@H](CNC(=O)c1ccco1)O2. The molecule has 2 heterocycles. The Bertz CT molecular complexity index is 448. The summed E-state index contributed by atoms with van der Waals surface area (Å²) in [6, 6.07) is 3.34. The van der Waals surface area contributed by atoms with Gasteiger partial charge < -0.3 is 19.2 Å². The Balaban J connectivity index is 1.47. The van der Waals surface area contributed by atoms with Gasteiger partial charge in [0.2, 0.25) is 0 Å². The van der Waals surface area contributed by atoms with Crippen molar-refractivity contribution in [1.29, 1.82) is 0 Å². The van der Waals surface area contributed by atoms with Gasteiger partial charge in [-0.1, -0.05) is 6.92 Å². The lowest BCUT2D eigenvalue weighted by Gasteiger charge is -2.34. The molecule has 0 radical (unpaired) electrons. The molecule has 3 rings (SSSR count). The minimum absolute atomic E-state index is 0.0673. The monoisotopic (exact) mass is 279 g/mol. The van der Waals surface area contributed by atoms with Crippen LogP contribution in [0.3, 0.4) is 0 Å². The molecule has 5 nitrogen and oxygen atoms in total. The van der Waals surface area contributed by atoms with Gasteiger partial charge in [0, 0.05) is 19.4 Å². The second kappa shape index (κ2) is 5.58. The molecule has 1 aliphatic heterocycles. The van der Waals surface area contributed by atoms with E-state index in [4.69, 9.17) is 13.9 Å². The zero-order valence-electron chi connectivity index (χ0n) is 11.8. The third-order valence-electron chi connectivity index (χ3n) is 4.19. The van der Waals surface area contributed by atoms with E-state index < -0.39 is 5.79 Å². The van der Waals surface area contributed by atoms with Crippen LogP contribution in [0.25, 0.3) is 0 Å². The highest BCUT2D eigenvalue weighted by molar-refractivity contribution is 5.91. The summed E-state index contributed by atoms with van der Waals surface area (Å²) in [6.07, 6.45) is 5.62. The first-order valence-electron chi connectivity index (χ1n) is 7.30. The highest BCUT2D eigenvalue weighted by Gasteiger charge is 2.43. The van der Waals surface area contributed by atoms with Gasteiger partial charge in [0.25, 0.3) is 5.91 Å². The van der Waals surface area contributed by atoms with E-state index in [2.05, 4.69) is 12.2 Å². The van der Waals surface area contributed by atoms with Crippen LogP contribution in [0.2, 0.25) is 0 Å². The van der Waals surface area contributed by atoms with Gasteiger partial charge in [-0.2, -0.15) is 0 Å². The number of hydrogen-bond acceptors (Lipinski definition) is 4. The van der Waals surface area contributed by atoms with Gasteiger partial charge in [0.15, 0.2) is 11.5 Å². The number of rotatable bonds is 3. The smallest absolute Gasteiger partial charge is 0.287 e. The highest BCUT2D eigenvalue weighted by Crippen LogP contribution is 2.39. The lowest BCUT2D eigenvalue weighted by atomic mass is 9.86. The third kappa shape index (κ3) is 2.88. The molecule has 2 aliphatic rings. The van der Waals surface area contributed by atoms with E-state index in [0.29, 0.717) is 18.9 Å². The first-order valence-corrected chi connectivity index (χ1v) is 7.30. The summed E-state index contributed by atoms with van der Waals surface area (Å²) in [7, 11) is 0. The largest absolute Gasteiger partial charge is 0.459 e. The molecule has 0 bridgehead atoms. The Morgan fingerprint density at radius 1 is 1.45 bits per heavy atom. The van der Waals surface area contributed by atoms with E-state index >= 15 is 0 Å². The van der Waals surface area contributed by atoms with Crippen LogP contribution in [0, 0.1) is 5.92 Å². The molecule has 110 valence electrons. The number of amides is 1. The molecule has 1 N–H and O–H groups in total. The van der Waals surface area contributed by atoms with Crippen LogP contribution in [0.5, 0.6) is 0 Å². The number of carbonyl (C=O) groups is 1. The predicted octanol–water partition coefficient (Wildman–Crippen LogP) is 2.33. The molecular weight excluding hydrogens is 258 g/mol. The molecule has 2 fully saturated rings. The first kappa shape index (κ1) is 13.6. The molecule has 5 heteroatoms. The number of ether oxygens (including phenoxy) is 2. The van der Waals surface area contributed by atoms with Crippen LogP contribution < -0.4 is 5.32 Å². The molecule has 1 aromatic rings. The van der Waals surface area contributed by atoms with Gasteiger partial charge in [-0.25, -0.2) is 0 Å². The van der Waals surface area contributed by atoms with E-state index in [9.17, 15) is 4.79 Å². The lowest BCUT2D eigenvalue weighted by molar-refractivity contribution is -0.191. The zero-order valence-corrected chi connectivity index (χ0v) is 11.8. The molecule has 1 atom stereocenters. The van der Waals surface area contributed by atoms with E-state index in [0.717, 1.165) is 31.6 Å². The van der Waals surface area contributed by atoms with Crippen LogP contribution in [-0.2, 0) is 9.47 Å². The highest BCUT2D eigenvalue weighted by atomic mass is 16.7. The molecule has 1 aromatic heterocycles. The number of nitrogens with one attached hydrogen (secondary N) is 1. The second-order valence-electron chi connectivity index (χ2n) is 5.83. The summed E-state index contributed by atoms with van der Waals surface area (Å²) < 4.78 is 17.0. The normalized spacial score (nSPS) is 33.5. The van der Waals surface area contributed by atoms with Crippen molar-refractivity contribution < 1.29 is 18.7 Å². The van der Waals surface area contributed by atoms with Crippen LogP contribution in [0.15, 0.2) is 22.8 Å². The summed E-state index contributed by atoms with van der Waals surface area (Å²) in [5, 5.41) is 2.82. The Morgan fingerprint density at radius 2 is 2.25 bits per heavy atom. The zero-order chi connectivity index (χ0) is 14.0. The van der Waals surface area contributed by atoms with Crippen molar-refractivity contribution in [3.05, 3.63) is 24.2 Å². The predicted molar refractivity (Wildman–Crippen MR) is 72.2 cm³/mol. The van der Waals surface area contributed by atoms with Gasteiger partial charge in [-0.05, 0) is 30.9 Å². The molecule has 0 unspecified atom stereocenters. The lowest BCUT2D eigenvalue weighted by Crippen LogP contribution is -2.38. The standard InChI is InChI=1S/C15H21NO4/c1-11-4-6-15(7-5-11)19-10-12(20-15)9-16-14(17)13-3-2-8-18-13/h2-3,8,11-12H,4-7,9-10H2,1H3,(H,16,17)/t11?,12-,15?/m0/s1. The maximum Gasteiger partial charge on any atom is 0.287 e. The van der Waals surface area contributed by atoms with Gasteiger partial charge in [0.05, 0.1) is 12.9 Å². The Morgan fingerprint density at radius 3 is 2.95 bits per heavy atom. The number of hydrogen-bond donors (Lipinski definition) is 1. The first-order chi connectivity index (χ1) is 9.67. The van der Waals surface area contributed by atoms with E-state index in [-0.39, 0.29) is 12.0 Å². The van der Waals surface area contributed by atoms with Crippen LogP contribution in [0.4, 0.5) is 0 Å². The molecule has 1 saturated heterocycles. The van der Waals surface area contributed by atoms with Crippen molar-refractivity contribution in [2.75, 3.05) is 13.2 Å².